The van der Waals surface area contributed by atoms with Crippen LogP contribution in [0.25, 0.3) is 0 Å². The van der Waals surface area contributed by atoms with E-state index >= 15 is 0 Å². The smallest absolute Gasteiger partial charge is 0.223 e. The number of amides is 1. The molecule has 4 heteroatoms. The zero-order valence-electron chi connectivity index (χ0n) is 18.5. The van der Waals surface area contributed by atoms with Crippen LogP contribution < -0.4 is 4.74 Å². The first-order chi connectivity index (χ1) is 15.7. The van der Waals surface area contributed by atoms with E-state index in [9.17, 15) is 4.79 Å². The van der Waals surface area contributed by atoms with Gasteiger partial charge in [0.2, 0.25) is 5.91 Å². The predicted octanol–water partition coefficient (Wildman–Crippen LogP) is 4.60. The number of carbonyl (C=O) groups excluding carboxylic acids is 1. The van der Waals surface area contributed by atoms with Crippen LogP contribution in [0.4, 0.5) is 0 Å². The molecule has 0 bridgehead atoms. The molecule has 0 saturated heterocycles. The Morgan fingerprint density at radius 2 is 1.62 bits per heavy atom. The van der Waals surface area contributed by atoms with Gasteiger partial charge in [-0.3, -0.25) is 9.69 Å². The molecule has 0 N–H and O–H groups in total. The molecule has 3 aromatic rings. The topological polar surface area (TPSA) is 32.8 Å². The van der Waals surface area contributed by atoms with Crippen LogP contribution in [0, 0.1) is 0 Å². The Morgan fingerprint density at radius 1 is 0.812 bits per heavy atom. The van der Waals surface area contributed by atoms with Crippen LogP contribution in [0.3, 0.4) is 0 Å². The van der Waals surface area contributed by atoms with Gasteiger partial charge in [0.15, 0.2) is 0 Å². The average Bonchev–Trinajstić information content (AvgIpc) is 3.05. The lowest BCUT2D eigenvalue weighted by Crippen LogP contribution is -2.32. The van der Waals surface area contributed by atoms with E-state index in [2.05, 4.69) is 59.5 Å². The number of fused-ring (bicyclic) bond motifs is 2. The van der Waals surface area contributed by atoms with Crippen molar-refractivity contribution in [2.75, 3.05) is 19.7 Å². The summed E-state index contributed by atoms with van der Waals surface area (Å²) in [5.74, 6) is 1.11. The van der Waals surface area contributed by atoms with Gasteiger partial charge in [0.1, 0.15) is 12.4 Å². The molecule has 2 heterocycles. The quantitative estimate of drug-likeness (QED) is 0.598. The van der Waals surface area contributed by atoms with Crippen LogP contribution in [0.1, 0.15) is 34.2 Å². The fourth-order valence-electron chi connectivity index (χ4n) is 4.76. The van der Waals surface area contributed by atoms with Crippen LogP contribution in [-0.2, 0) is 37.3 Å². The molecule has 4 nitrogen and oxygen atoms in total. The summed E-state index contributed by atoms with van der Waals surface area (Å²) in [6.45, 7) is 4.80. The molecule has 0 unspecified atom stereocenters. The zero-order chi connectivity index (χ0) is 21.8. The van der Waals surface area contributed by atoms with E-state index in [-0.39, 0.29) is 5.91 Å². The Kier molecular flexibility index (Phi) is 6.22. The van der Waals surface area contributed by atoms with Gasteiger partial charge in [-0.15, -0.1) is 0 Å². The van der Waals surface area contributed by atoms with Crippen LogP contribution in [0.2, 0.25) is 0 Å². The van der Waals surface area contributed by atoms with Crippen molar-refractivity contribution in [3.8, 4) is 5.75 Å². The monoisotopic (exact) mass is 426 g/mol. The minimum Gasteiger partial charge on any atom is -0.491 e. The van der Waals surface area contributed by atoms with Crippen molar-refractivity contribution >= 4 is 5.91 Å². The molecule has 0 aliphatic carbocycles. The van der Waals surface area contributed by atoms with E-state index in [1.807, 2.05) is 23.1 Å². The van der Waals surface area contributed by atoms with E-state index in [1.54, 1.807) is 0 Å². The Hall–Kier alpha value is -3.11. The number of ether oxygens (including phenoxy) is 1. The van der Waals surface area contributed by atoms with E-state index in [0.29, 0.717) is 26.1 Å². The zero-order valence-corrected chi connectivity index (χ0v) is 18.5. The third-order valence-electron chi connectivity index (χ3n) is 6.54. The Morgan fingerprint density at radius 3 is 2.50 bits per heavy atom. The van der Waals surface area contributed by atoms with Crippen molar-refractivity contribution in [1.29, 1.82) is 0 Å². The van der Waals surface area contributed by atoms with Crippen molar-refractivity contribution in [3.63, 3.8) is 0 Å². The summed E-state index contributed by atoms with van der Waals surface area (Å²) in [5.41, 5.74) is 6.52. The van der Waals surface area contributed by atoms with E-state index in [4.69, 9.17) is 4.74 Å². The van der Waals surface area contributed by atoms with E-state index < -0.39 is 0 Å². The molecule has 3 aromatic carbocycles. The standard InChI is InChI=1S/C28H30N2O2/c31-28(13-11-22-6-2-1-3-7-22)30-16-17-32-27-12-10-23(18-26(27)21-30)19-29-15-14-24-8-4-5-9-25(24)20-29/h1-10,12,18H,11,13-17,19-21H2. The maximum Gasteiger partial charge on any atom is 0.223 e. The third-order valence-corrected chi connectivity index (χ3v) is 6.54. The second kappa shape index (κ2) is 9.58. The fraction of sp³-hybridized carbons (Fsp3) is 0.321. The maximum atomic E-state index is 12.9. The molecule has 0 spiro atoms. The van der Waals surface area contributed by atoms with Gasteiger partial charge in [-0.1, -0.05) is 60.7 Å². The Labute approximate surface area is 190 Å². The van der Waals surface area contributed by atoms with Crippen LogP contribution in [0.15, 0.2) is 72.8 Å². The summed E-state index contributed by atoms with van der Waals surface area (Å²) in [4.78, 5) is 17.4. The first-order valence-corrected chi connectivity index (χ1v) is 11.6. The predicted molar refractivity (Wildman–Crippen MR) is 126 cm³/mol. The van der Waals surface area contributed by atoms with E-state index in [0.717, 1.165) is 43.8 Å². The number of hydrogen-bond acceptors (Lipinski definition) is 3. The van der Waals surface area contributed by atoms with Crippen LogP contribution in [0.5, 0.6) is 5.75 Å². The van der Waals surface area contributed by atoms with Crippen LogP contribution in [-0.4, -0.2) is 35.4 Å². The van der Waals surface area contributed by atoms with Gasteiger partial charge in [0.25, 0.3) is 0 Å². The molecule has 0 fully saturated rings. The fourth-order valence-corrected chi connectivity index (χ4v) is 4.76. The summed E-state index contributed by atoms with van der Waals surface area (Å²) >= 11 is 0. The second-order valence-corrected chi connectivity index (χ2v) is 8.82. The lowest BCUT2D eigenvalue weighted by Gasteiger charge is -2.29. The molecule has 164 valence electrons. The molecule has 5 rings (SSSR count). The summed E-state index contributed by atoms with van der Waals surface area (Å²) in [7, 11) is 0. The van der Waals surface area contributed by atoms with Crippen molar-refractivity contribution in [3.05, 3.63) is 101 Å². The van der Waals surface area contributed by atoms with Gasteiger partial charge in [0, 0.05) is 38.2 Å². The molecule has 0 radical (unpaired) electrons. The molecular formula is C28H30N2O2. The SMILES string of the molecule is O=C(CCc1ccccc1)N1CCOc2ccc(CN3CCc4ccccc4C3)cc2C1. The summed E-state index contributed by atoms with van der Waals surface area (Å²) in [6.07, 6.45) is 2.42. The molecule has 0 atom stereocenters. The number of nitrogens with zero attached hydrogens (tertiary/aromatic N) is 2. The molecule has 0 aromatic heterocycles. The molecule has 2 aliphatic rings. The lowest BCUT2D eigenvalue weighted by atomic mass is 9.99. The largest absolute Gasteiger partial charge is 0.491 e. The number of carbonyl (C=O) groups is 1. The second-order valence-electron chi connectivity index (χ2n) is 8.82. The lowest BCUT2D eigenvalue weighted by molar-refractivity contribution is -0.131. The average molecular weight is 427 g/mol. The normalized spacial score (nSPS) is 15.9. The number of hydrogen-bond donors (Lipinski definition) is 0. The van der Waals surface area contributed by atoms with Gasteiger partial charge in [0.05, 0.1) is 6.54 Å². The third kappa shape index (κ3) is 4.86. The van der Waals surface area contributed by atoms with Gasteiger partial charge >= 0.3 is 0 Å². The van der Waals surface area contributed by atoms with Crippen LogP contribution >= 0.6 is 0 Å². The highest BCUT2D eigenvalue weighted by molar-refractivity contribution is 5.76. The highest BCUT2D eigenvalue weighted by atomic mass is 16.5. The maximum absolute atomic E-state index is 12.9. The minimum atomic E-state index is 0.198. The summed E-state index contributed by atoms with van der Waals surface area (Å²) in [5, 5.41) is 0. The molecule has 1 amide bonds. The van der Waals surface area contributed by atoms with Crippen molar-refractivity contribution < 1.29 is 9.53 Å². The van der Waals surface area contributed by atoms with E-state index in [1.165, 1.54) is 22.3 Å². The van der Waals surface area contributed by atoms with Crippen molar-refractivity contribution in [2.45, 2.75) is 38.9 Å². The highest BCUT2D eigenvalue weighted by Crippen LogP contribution is 2.27. The highest BCUT2D eigenvalue weighted by Gasteiger charge is 2.21. The van der Waals surface area contributed by atoms with Crippen molar-refractivity contribution in [2.24, 2.45) is 0 Å². The van der Waals surface area contributed by atoms with Gasteiger partial charge in [-0.25, -0.2) is 0 Å². The molecular weight excluding hydrogens is 396 g/mol. The first kappa shape index (κ1) is 20.8. The first-order valence-electron chi connectivity index (χ1n) is 11.6. The Balaban J connectivity index is 1.24. The minimum absolute atomic E-state index is 0.198. The molecule has 32 heavy (non-hydrogen) atoms. The number of benzene rings is 3. The summed E-state index contributed by atoms with van der Waals surface area (Å²) < 4.78 is 5.98. The molecule has 0 saturated carbocycles. The van der Waals surface area contributed by atoms with Gasteiger partial charge in [-0.05, 0) is 47.2 Å². The number of aryl methyl sites for hydroxylation is 1. The van der Waals surface area contributed by atoms with Crippen molar-refractivity contribution in [1.82, 2.24) is 9.80 Å². The van der Waals surface area contributed by atoms with Gasteiger partial charge < -0.3 is 9.64 Å². The summed E-state index contributed by atoms with van der Waals surface area (Å²) in [6, 6.07) is 25.5. The Bertz CT molecular complexity index is 1080. The number of rotatable bonds is 5. The van der Waals surface area contributed by atoms with Gasteiger partial charge in [-0.2, -0.15) is 0 Å². The molecule has 2 aliphatic heterocycles.